The first-order valence-electron chi connectivity index (χ1n) is 10.5. The summed E-state index contributed by atoms with van der Waals surface area (Å²) >= 11 is 6.11. The summed E-state index contributed by atoms with van der Waals surface area (Å²) in [5, 5.41) is 0.512. The molecular weight excluding hydrogens is 416 g/mol. The molecule has 0 unspecified atom stereocenters. The molecule has 4 rings (SSSR count). The van der Waals surface area contributed by atoms with Gasteiger partial charge < -0.3 is 19.4 Å². The van der Waals surface area contributed by atoms with Crippen molar-refractivity contribution in [1.82, 2.24) is 19.8 Å². The number of benzene rings is 1. The Morgan fingerprint density at radius 3 is 2.90 bits per heavy atom. The molecule has 0 spiro atoms. The third kappa shape index (κ3) is 5.18. The third-order valence-electron chi connectivity index (χ3n) is 5.60. The van der Waals surface area contributed by atoms with Gasteiger partial charge >= 0.3 is 0 Å². The number of nitrogens with zero attached hydrogens (tertiary/aromatic N) is 3. The Morgan fingerprint density at radius 2 is 2.16 bits per heavy atom. The Kier molecular flexibility index (Phi) is 7.06. The van der Waals surface area contributed by atoms with Gasteiger partial charge in [0.05, 0.1) is 29.9 Å². The Hall–Kier alpha value is -2.61. The molecule has 7 nitrogen and oxygen atoms in total. The second-order valence-electron chi connectivity index (χ2n) is 7.70. The summed E-state index contributed by atoms with van der Waals surface area (Å²) in [4.78, 5) is 24.7. The number of fused-ring (bicyclic) bond motifs is 1. The first-order chi connectivity index (χ1) is 15.2. The Labute approximate surface area is 187 Å². The zero-order valence-corrected chi connectivity index (χ0v) is 18.4. The molecule has 0 bridgehead atoms. The molecule has 164 valence electrons. The van der Waals surface area contributed by atoms with Crippen LogP contribution < -0.4 is 4.74 Å². The van der Waals surface area contributed by atoms with Gasteiger partial charge in [-0.05, 0) is 49.6 Å². The van der Waals surface area contributed by atoms with E-state index in [0.29, 0.717) is 35.2 Å². The fraction of sp³-hybridized carbons (Fsp3) is 0.391. The highest BCUT2D eigenvalue weighted by atomic mass is 35.5. The van der Waals surface area contributed by atoms with E-state index in [0.717, 1.165) is 44.6 Å². The normalized spacial score (nSPS) is 17.0. The maximum absolute atomic E-state index is 13.2. The Balaban J connectivity index is 1.33. The van der Waals surface area contributed by atoms with Crippen LogP contribution in [0.3, 0.4) is 0 Å². The molecule has 2 aliphatic rings. The highest BCUT2D eigenvalue weighted by Crippen LogP contribution is 2.29. The van der Waals surface area contributed by atoms with Crippen molar-refractivity contribution in [2.45, 2.75) is 19.3 Å². The van der Waals surface area contributed by atoms with Gasteiger partial charge in [0.15, 0.2) is 0 Å². The molecule has 31 heavy (non-hydrogen) atoms. The highest BCUT2D eigenvalue weighted by molar-refractivity contribution is 6.31. The van der Waals surface area contributed by atoms with Crippen molar-refractivity contribution in [2.24, 2.45) is 0 Å². The lowest BCUT2D eigenvalue weighted by molar-refractivity contribution is 0.0771. The van der Waals surface area contributed by atoms with E-state index in [1.165, 1.54) is 5.57 Å². The zero-order valence-electron chi connectivity index (χ0n) is 17.6. The zero-order chi connectivity index (χ0) is 21.6. The van der Waals surface area contributed by atoms with Crippen LogP contribution in [-0.4, -0.2) is 65.6 Å². The van der Waals surface area contributed by atoms with Crippen LogP contribution in [0.1, 0.15) is 35.3 Å². The second-order valence-corrected chi connectivity index (χ2v) is 8.14. The standard InChI is InChI=1S/C23H27ClN4O3/c1-30-14-19-15-31-22-5-4-18(24)12-20(22)23(29)28(19)9-3-2-8-27-10-6-17(7-11-27)21-13-25-16-26-21/h4-6,12-13,15-16H,2-3,7-11,14H2,1H3,(H,25,26). The largest absolute Gasteiger partial charge is 0.462 e. The van der Waals surface area contributed by atoms with Gasteiger partial charge in [-0.1, -0.05) is 17.7 Å². The summed E-state index contributed by atoms with van der Waals surface area (Å²) in [5.74, 6) is 0.404. The number of rotatable bonds is 8. The van der Waals surface area contributed by atoms with Crippen LogP contribution in [-0.2, 0) is 4.74 Å². The van der Waals surface area contributed by atoms with E-state index in [1.54, 1.807) is 42.8 Å². The van der Waals surface area contributed by atoms with E-state index in [-0.39, 0.29) is 5.91 Å². The van der Waals surface area contributed by atoms with Gasteiger partial charge in [-0.3, -0.25) is 9.69 Å². The number of hydrogen-bond acceptors (Lipinski definition) is 5. The van der Waals surface area contributed by atoms with E-state index in [4.69, 9.17) is 21.1 Å². The summed E-state index contributed by atoms with van der Waals surface area (Å²) < 4.78 is 11.0. The fourth-order valence-electron chi connectivity index (χ4n) is 3.94. The average Bonchev–Trinajstić information content (AvgIpc) is 3.29. The van der Waals surface area contributed by atoms with Crippen molar-refractivity contribution in [3.63, 3.8) is 0 Å². The van der Waals surface area contributed by atoms with Crippen LogP contribution in [0.25, 0.3) is 5.57 Å². The van der Waals surface area contributed by atoms with Gasteiger partial charge in [-0.25, -0.2) is 4.98 Å². The Morgan fingerprint density at radius 1 is 1.29 bits per heavy atom. The molecule has 8 heteroatoms. The van der Waals surface area contributed by atoms with Gasteiger partial charge in [0.2, 0.25) is 0 Å². The SMILES string of the molecule is COCC1=COc2ccc(Cl)cc2C(=O)N1CCCCN1CC=C(c2c[nH]cn2)CC1. The molecule has 1 aromatic carbocycles. The van der Waals surface area contributed by atoms with Gasteiger partial charge in [0, 0.05) is 38.0 Å². The number of imidazole rings is 1. The fourth-order valence-corrected chi connectivity index (χ4v) is 4.11. The summed E-state index contributed by atoms with van der Waals surface area (Å²) in [7, 11) is 1.61. The van der Waals surface area contributed by atoms with Crippen molar-refractivity contribution in [1.29, 1.82) is 0 Å². The van der Waals surface area contributed by atoms with Gasteiger partial charge in [0.1, 0.15) is 12.0 Å². The number of H-pyrrole nitrogens is 1. The maximum atomic E-state index is 13.2. The minimum absolute atomic E-state index is 0.108. The van der Waals surface area contributed by atoms with Crippen molar-refractivity contribution in [3.05, 3.63) is 65.0 Å². The molecule has 0 atom stereocenters. The third-order valence-corrected chi connectivity index (χ3v) is 5.84. The van der Waals surface area contributed by atoms with E-state index in [1.807, 2.05) is 6.20 Å². The maximum Gasteiger partial charge on any atom is 0.262 e. The number of methoxy groups -OCH3 is 1. The lowest BCUT2D eigenvalue weighted by atomic mass is 10.1. The molecular formula is C23H27ClN4O3. The molecule has 0 fully saturated rings. The quantitative estimate of drug-likeness (QED) is 0.627. The monoisotopic (exact) mass is 442 g/mol. The van der Waals surface area contributed by atoms with E-state index < -0.39 is 0 Å². The second kappa shape index (κ2) is 10.1. The topological polar surface area (TPSA) is 70.7 Å². The lowest BCUT2D eigenvalue weighted by Crippen LogP contribution is -2.33. The first-order valence-corrected chi connectivity index (χ1v) is 10.9. The summed E-state index contributed by atoms with van der Waals surface area (Å²) in [6.07, 6.45) is 10.4. The predicted octanol–water partition coefficient (Wildman–Crippen LogP) is 3.96. The van der Waals surface area contributed by atoms with E-state index in [9.17, 15) is 4.79 Å². The summed E-state index contributed by atoms with van der Waals surface area (Å²) in [6, 6.07) is 5.10. The minimum Gasteiger partial charge on any atom is -0.462 e. The number of hydrogen-bond donors (Lipinski definition) is 1. The molecule has 0 saturated carbocycles. The predicted molar refractivity (Wildman–Crippen MR) is 120 cm³/mol. The molecule has 3 heterocycles. The number of ether oxygens (including phenoxy) is 2. The molecule has 1 amide bonds. The molecule has 0 radical (unpaired) electrons. The minimum atomic E-state index is -0.108. The molecule has 2 aliphatic heterocycles. The highest BCUT2D eigenvalue weighted by Gasteiger charge is 2.26. The molecule has 1 N–H and O–H groups in total. The van der Waals surface area contributed by atoms with Crippen LogP contribution in [0, 0.1) is 0 Å². The first kappa shape index (κ1) is 21.6. The molecule has 2 aromatic rings. The van der Waals surface area contributed by atoms with Gasteiger partial charge in [-0.2, -0.15) is 0 Å². The van der Waals surface area contributed by atoms with Crippen LogP contribution in [0.2, 0.25) is 5.02 Å². The molecule has 0 saturated heterocycles. The van der Waals surface area contributed by atoms with Crippen LogP contribution in [0.15, 0.2) is 48.8 Å². The van der Waals surface area contributed by atoms with E-state index >= 15 is 0 Å². The van der Waals surface area contributed by atoms with Crippen LogP contribution >= 0.6 is 11.6 Å². The Bertz CT molecular complexity index is 971. The number of aromatic amines is 1. The number of carbonyl (C=O) groups is 1. The smallest absolute Gasteiger partial charge is 0.262 e. The number of carbonyl (C=O) groups excluding carboxylic acids is 1. The number of amides is 1. The summed E-state index contributed by atoms with van der Waals surface area (Å²) in [5.41, 5.74) is 3.53. The number of unbranched alkanes of at least 4 members (excludes halogenated alkanes) is 1. The van der Waals surface area contributed by atoms with Crippen LogP contribution in [0.4, 0.5) is 0 Å². The van der Waals surface area contributed by atoms with Crippen molar-refractivity contribution in [3.8, 4) is 5.75 Å². The van der Waals surface area contributed by atoms with Crippen molar-refractivity contribution < 1.29 is 14.3 Å². The molecule has 0 aliphatic carbocycles. The van der Waals surface area contributed by atoms with Crippen LogP contribution in [0.5, 0.6) is 5.75 Å². The lowest BCUT2D eigenvalue weighted by Gasteiger charge is -2.27. The van der Waals surface area contributed by atoms with Gasteiger partial charge in [0.25, 0.3) is 5.91 Å². The number of aromatic nitrogens is 2. The number of nitrogens with one attached hydrogen (secondary N) is 1. The average molecular weight is 443 g/mol. The van der Waals surface area contributed by atoms with Gasteiger partial charge in [-0.15, -0.1) is 0 Å². The molecule has 1 aromatic heterocycles. The summed E-state index contributed by atoms with van der Waals surface area (Å²) in [6.45, 7) is 3.86. The van der Waals surface area contributed by atoms with Crippen molar-refractivity contribution >= 4 is 23.1 Å². The van der Waals surface area contributed by atoms with Crippen molar-refractivity contribution in [2.75, 3.05) is 39.9 Å². The van der Waals surface area contributed by atoms with E-state index in [2.05, 4.69) is 20.9 Å². The number of halogens is 1.